The van der Waals surface area contributed by atoms with Gasteiger partial charge < -0.3 is 10.3 Å². The Morgan fingerprint density at radius 3 is 2.70 bits per heavy atom. The van der Waals surface area contributed by atoms with Crippen LogP contribution in [0.25, 0.3) is 39.1 Å². The van der Waals surface area contributed by atoms with Crippen molar-refractivity contribution in [3.05, 3.63) is 72.3 Å². The SMILES string of the molecule is Cc1cccc(-c2[nH]cnc2-c2ccc3ncc(C4=C[C@H](C)N[C@H](C)C4)cc3c2)n1. The van der Waals surface area contributed by atoms with Crippen molar-refractivity contribution in [1.29, 1.82) is 0 Å². The fraction of sp³-hybridized carbons (Fsp3) is 0.240. The number of imidazole rings is 1. The van der Waals surface area contributed by atoms with Gasteiger partial charge in [0.1, 0.15) is 0 Å². The van der Waals surface area contributed by atoms with E-state index in [0.717, 1.165) is 45.7 Å². The van der Waals surface area contributed by atoms with Crippen molar-refractivity contribution in [2.75, 3.05) is 0 Å². The molecule has 0 saturated heterocycles. The minimum atomic E-state index is 0.374. The quantitative estimate of drug-likeness (QED) is 0.503. The van der Waals surface area contributed by atoms with Crippen LogP contribution in [0, 0.1) is 6.92 Å². The van der Waals surface area contributed by atoms with Gasteiger partial charge >= 0.3 is 0 Å². The first-order valence-electron chi connectivity index (χ1n) is 10.4. The maximum absolute atomic E-state index is 4.72. The molecule has 5 heteroatoms. The van der Waals surface area contributed by atoms with E-state index in [1.807, 2.05) is 31.3 Å². The molecule has 150 valence electrons. The number of pyridine rings is 2. The number of fused-ring (bicyclic) bond motifs is 1. The predicted molar refractivity (Wildman–Crippen MR) is 122 cm³/mol. The van der Waals surface area contributed by atoms with E-state index in [1.165, 1.54) is 11.1 Å². The van der Waals surface area contributed by atoms with Crippen molar-refractivity contribution in [3.8, 4) is 22.6 Å². The van der Waals surface area contributed by atoms with Crippen LogP contribution in [0.5, 0.6) is 0 Å². The molecule has 2 N–H and O–H groups in total. The lowest BCUT2D eigenvalue weighted by atomic mass is 9.93. The minimum Gasteiger partial charge on any atom is -0.343 e. The Morgan fingerprint density at radius 1 is 1.00 bits per heavy atom. The molecular formula is C25H25N5. The maximum atomic E-state index is 4.72. The van der Waals surface area contributed by atoms with Gasteiger partial charge in [-0.25, -0.2) is 4.98 Å². The number of hydrogen-bond donors (Lipinski definition) is 2. The molecule has 0 aliphatic carbocycles. The third kappa shape index (κ3) is 3.53. The van der Waals surface area contributed by atoms with Gasteiger partial charge in [0.2, 0.25) is 0 Å². The smallest absolute Gasteiger partial charge is 0.0977 e. The van der Waals surface area contributed by atoms with Crippen molar-refractivity contribution in [3.63, 3.8) is 0 Å². The lowest BCUT2D eigenvalue weighted by Crippen LogP contribution is -2.36. The zero-order valence-corrected chi connectivity index (χ0v) is 17.5. The lowest BCUT2D eigenvalue weighted by Gasteiger charge is -2.26. The summed E-state index contributed by atoms with van der Waals surface area (Å²) in [6, 6.07) is 15.5. The van der Waals surface area contributed by atoms with Crippen LogP contribution in [-0.2, 0) is 0 Å². The summed E-state index contributed by atoms with van der Waals surface area (Å²) < 4.78 is 0. The van der Waals surface area contributed by atoms with Gasteiger partial charge in [0.15, 0.2) is 0 Å². The Morgan fingerprint density at radius 2 is 1.87 bits per heavy atom. The molecular weight excluding hydrogens is 370 g/mol. The molecule has 0 radical (unpaired) electrons. The zero-order chi connectivity index (χ0) is 20.7. The van der Waals surface area contributed by atoms with Crippen LogP contribution in [0.2, 0.25) is 0 Å². The number of aromatic nitrogens is 4. The van der Waals surface area contributed by atoms with Crippen molar-refractivity contribution >= 4 is 16.5 Å². The Labute approximate surface area is 176 Å². The molecule has 30 heavy (non-hydrogen) atoms. The Hall–Kier alpha value is -3.31. The van der Waals surface area contributed by atoms with Crippen LogP contribution in [0.1, 0.15) is 31.5 Å². The predicted octanol–water partition coefficient (Wildman–Crippen LogP) is 5.15. The largest absolute Gasteiger partial charge is 0.343 e. The van der Waals surface area contributed by atoms with Gasteiger partial charge in [0, 0.05) is 34.9 Å². The molecule has 0 unspecified atom stereocenters. The maximum Gasteiger partial charge on any atom is 0.0977 e. The number of aromatic amines is 1. The molecule has 1 aliphatic rings. The van der Waals surface area contributed by atoms with Gasteiger partial charge in [0.05, 0.1) is 28.9 Å². The van der Waals surface area contributed by atoms with E-state index in [4.69, 9.17) is 4.98 Å². The summed E-state index contributed by atoms with van der Waals surface area (Å²) in [5, 5.41) is 4.68. The van der Waals surface area contributed by atoms with E-state index in [0.29, 0.717) is 12.1 Å². The van der Waals surface area contributed by atoms with E-state index in [-0.39, 0.29) is 0 Å². The fourth-order valence-electron chi connectivity index (χ4n) is 4.31. The normalized spacial score (nSPS) is 19.1. The van der Waals surface area contributed by atoms with Crippen LogP contribution in [0.3, 0.4) is 0 Å². The summed E-state index contributed by atoms with van der Waals surface area (Å²) in [6.07, 6.45) is 7.05. The number of rotatable bonds is 3. The highest BCUT2D eigenvalue weighted by molar-refractivity contribution is 5.88. The summed E-state index contributed by atoms with van der Waals surface area (Å²) in [4.78, 5) is 17.2. The first-order valence-corrected chi connectivity index (χ1v) is 10.4. The zero-order valence-electron chi connectivity index (χ0n) is 17.5. The number of nitrogens with zero attached hydrogens (tertiary/aromatic N) is 3. The van der Waals surface area contributed by atoms with Crippen LogP contribution >= 0.6 is 0 Å². The van der Waals surface area contributed by atoms with Gasteiger partial charge in [-0.3, -0.25) is 9.97 Å². The molecule has 0 spiro atoms. The van der Waals surface area contributed by atoms with Gasteiger partial charge in [-0.15, -0.1) is 0 Å². The highest BCUT2D eigenvalue weighted by Gasteiger charge is 2.17. The molecule has 4 heterocycles. The third-order valence-corrected chi connectivity index (χ3v) is 5.63. The average molecular weight is 396 g/mol. The van der Waals surface area contributed by atoms with E-state index in [1.54, 1.807) is 6.33 Å². The molecule has 0 fully saturated rings. The van der Waals surface area contributed by atoms with Crippen LogP contribution in [0.15, 0.2) is 61.1 Å². The second kappa shape index (κ2) is 7.50. The second-order valence-corrected chi connectivity index (χ2v) is 8.17. The molecule has 1 aromatic carbocycles. The summed E-state index contributed by atoms with van der Waals surface area (Å²) in [5.41, 5.74) is 8.33. The average Bonchev–Trinajstić information content (AvgIpc) is 3.22. The van der Waals surface area contributed by atoms with Gasteiger partial charge in [-0.2, -0.15) is 0 Å². The Balaban J connectivity index is 1.57. The second-order valence-electron chi connectivity index (χ2n) is 8.17. The van der Waals surface area contributed by atoms with Gasteiger partial charge in [-0.1, -0.05) is 18.2 Å². The first kappa shape index (κ1) is 18.7. The summed E-state index contributed by atoms with van der Waals surface area (Å²) >= 11 is 0. The van der Waals surface area contributed by atoms with Crippen LogP contribution in [-0.4, -0.2) is 32.0 Å². The monoisotopic (exact) mass is 395 g/mol. The Kier molecular flexibility index (Phi) is 4.68. The summed E-state index contributed by atoms with van der Waals surface area (Å²) in [7, 11) is 0. The number of H-pyrrole nitrogens is 1. The van der Waals surface area contributed by atoms with E-state index >= 15 is 0 Å². The summed E-state index contributed by atoms with van der Waals surface area (Å²) in [6.45, 7) is 6.43. The van der Waals surface area contributed by atoms with Crippen molar-refractivity contribution in [2.24, 2.45) is 0 Å². The summed E-state index contributed by atoms with van der Waals surface area (Å²) in [5.74, 6) is 0. The highest BCUT2D eigenvalue weighted by atomic mass is 14.9. The van der Waals surface area contributed by atoms with Crippen molar-refractivity contribution in [2.45, 2.75) is 39.3 Å². The highest BCUT2D eigenvalue weighted by Crippen LogP contribution is 2.31. The molecule has 0 bridgehead atoms. The molecule has 5 rings (SSSR count). The Bertz CT molecular complexity index is 1250. The third-order valence-electron chi connectivity index (χ3n) is 5.63. The molecule has 4 aromatic rings. The number of benzene rings is 1. The minimum absolute atomic E-state index is 0.374. The van der Waals surface area contributed by atoms with Gasteiger partial charge in [0.25, 0.3) is 0 Å². The lowest BCUT2D eigenvalue weighted by molar-refractivity contribution is 0.506. The first-order chi connectivity index (χ1) is 14.6. The van der Waals surface area contributed by atoms with Crippen molar-refractivity contribution < 1.29 is 0 Å². The van der Waals surface area contributed by atoms with Crippen LogP contribution in [0.4, 0.5) is 0 Å². The molecule has 0 saturated carbocycles. The van der Waals surface area contributed by atoms with E-state index in [2.05, 4.69) is 64.5 Å². The van der Waals surface area contributed by atoms with E-state index < -0.39 is 0 Å². The van der Waals surface area contributed by atoms with Crippen LogP contribution < -0.4 is 5.32 Å². The van der Waals surface area contributed by atoms with Gasteiger partial charge in [-0.05, 0) is 68.7 Å². The molecule has 2 atom stereocenters. The van der Waals surface area contributed by atoms with Crippen molar-refractivity contribution in [1.82, 2.24) is 25.3 Å². The molecule has 0 amide bonds. The number of aryl methyl sites for hydroxylation is 1. The fourth-order valence-corrected chi connectivity index (χ4v) is 4.31. The standard InChI is InChI=1S/C25H25N5/c1-15-5-4-6-23(30-15)25-24(27-14-28-25)18-7-8-22-20(11-18)12-21(13-26-22)19-9-16(2)29-17(3)10-19/h4-9,11-14,16-17,29H,10H2,1-3H3,(H,27,28)/t16-,17+/m0/s1. The molecule has 3 aromatic heterocycles. The molecule has 1 aliphatic heterocycles. The van der Waals surface area contributed by atoms with E-state index in [9.17, 15) is 0 Å². The topological polar surface area (TPSA) is 66.5 Å². The number of nitrogens with one attached hydrogen (secondary N) is 2. The number of hydrogen-bond acceptors (Lipinski definition) is 4. The molecule has 5 nitrogen and oxygen atoms in total.